The number of esters is 4. The van der Waals surface area contributed by atoms with E-state index in [2.05, 4.69) is 0 Å². The van der Waals surface area contributed by atoms with Gasteiger partial charge in [0.25, 0.3) is 0 Å². The molecule has 4 unspecified atom stereocenters. The minimum atomic E-state index is -1.51. The Morgan fingerprint density at radius 3 is 1.05 bits per heavy atom. The topological polar surface area (TPSA) is 108 Å². The fraction of sp³-hybridized carbons (Fsp3) is 0.467. The van der Waals surface area contributed by atoms with Gasteiger partial charge in [0.05, 0.1) is 63.2 Å². The fourth-order valence-electron chi connectivity index (χ4n) is 7.35. The summed E-state index contributed by atoms with van der Waals surface area (Å²) in [6.45, 7) is 5.98. The van der Waals surface area contributed by atoms with E-state index in [9.17, 15) is 19.2 Å². The van der Waals surface area contributed by atoms with Crippen LogP contribution in [-0.2, 0) is 49.2 Å². The number of carbonyl (C=O) groups excluding carboxylic acids is 4. The van der Waals surface area contributed by atoms with Crippen molar-refractivity contribution < 1.29 is 38.1 Å². The van der Waals surface area contributed by atoms with Gasteiger partial charge in [0.1, 0.15) is 0 Å². The second-order valence-electron chi connectivity index (χ2n) is 10.1. The molecular formula is C30H35NO8. The molecule has 2 fully saturated rings. The van der Waals surface area contributed by atoms with Crippen molar-refractivity contribution in [3.8, 4) is 0 Å². The van der Waals surface area contributed by atoms with Crippen molar-refractivity contribution in [2.24, 2.45) is 23.7 Å². The van der Waals surface area contributed by atoms with Crippen LogP contribution in [0.25, 0.3) is 0 Å². The van der Waals surface area contributed by atoms with Crippen molar-refractivity contribution in [3.63, 3.8) is 0 Å². The van der Waals surface area contributed by atoms with Gasteiger partial charge in [-0.1, -0.05) is 66.6 Å². The van der Waals surface area contributed by atoms with Crippen molar-refractivity contribution in [3.05, 3.63) is 70.8 Å². The first kappa shape index (κ1) is 28.3. The lowest BCUT2D eigenvalue weighted by molar-refractivity contribution is -0.177. The number of rotatable bonds is 7. The van der Waals surface area contributed by atoms with E-state index in [4.69, 9.17) is 18.9 Å². The van der Waals surface area contributed by atoms with E-state index in [-0.39, 0.29) is 6.54 Å². The quantitative estimate of drug-likeness (QED) is 0.389. The average Bonchev–Trinajstić information content (AvgIpc) is 3.38. The Bertz CT molecular complexity index is 1130. The molecule has 39 heavy (non-hydrogen) atoms. The molecular weight excluding hydrogens is 502 g/mol. The van der Waals surface area contributed by atoms with Crippen molar-refractivity contribution >= 4 is 23.9 Å². The highest BCUT2D eigenvalue weighted by molar-refractivity contribution is 5.95. The number of fused-ring (bicyclic) bond motifs is 2. The largest absolute Gasteiger partial charge is 0.469 e. The molecule has 4 atom stereocenters. The van der Waals surface area contributed by atoms with Gasteiger partial charge in [-0.25, -0.2) is 0 Å². The van der Waals surface area contributed by atoms with Gasteiger partial charge in [0.15, 0.2) is 0 Å². The van der Waals surface area contributed by atoms with Crippen LogP contribution >= 0.6 is 0 Å². The first-order valence-corrected chi connectivity index (χ1v) is 12.9. The van der Waals surface area contributed by atoms with Gasteiger partial charge >= 0.3 is 23.9 Å². The highest BCUT2D eigenvalue weighted by atomic mass is 16.5. The summed E-state index contributed by atoms with van der Waals surface area (Å²) in [6.07, 6.45) is 0. The van der Waals surface area contributed by atoms with Crippen LogP contribution in [0.1, 0.15) is 29.2 Å². The van der Waals surface area contributed by atoms with E-state index < -0.39 is 58.6 Å². The second kappa shape index (κ2) is 10.4. The van der Waals surface area contributed by atoms with E-state index in [0.717, 1.165) is 11.1 Å². The molecule has 2 saturated heterocycles. The molecule has 208 valence electrons. The van der Waals surface area contributed by atoms with Crippen LogP contribution in [0.2, 0.25) is 0 Å². The third kappa shape index (κ3) is 3.70. The van der Waals surface area contributed by atoms with Crippen LogP contribution in [0.3, 0.4) is 0 Å². The van der Waals surface area contributed by atoms with Crippen LogP contribution < -0.4 is 0 Å². The van der Waals surface area contributed by atoms with Gasteiger partial charge in [0.2, 0.25) is 0 Å². The summed E-state index contributed by atoms with van der Waals surface area (Å²) >= 11 is 0. The molecule has 9 heteroatoms. The summed E-state index contributed by atoms with van der Waals surface area (Å²) in [6, 6.07) is 14.8. The Kier molecular flexibility index (Phi) is 7.58. The molecule has 2 aliphatic heterocycles. The van der Waals surface area contributed by atoms with Crippen LogP contribution in [0.4, 0.5) is 0 Å². The van der Waals surface area contributed by atoms with Gasteiger partial charge in [-0.05, 0) is 31.5 Å². The van der Waals surface area contributed by atoms with Crippen LogP contribution in [0, 0.1) is 37.5 Å². The van der Waals surface area contributed by atoms with Gasteiger partial charge in [-0.15, -0.1) is 0 Å². The smallest absolute Gasteiger partial charge is 0.311 e. The molecule has 2 bridgehead atoms. The second-order valence-corrected chi connectivity index (χ2v) is 10.1. The Morgan fingerprint density at radius 1 is 0.590 bits per heavy atom. The minimum Gasteiger partial charge on any atom is -0.469 e. The molecule has 9 nitrogen and oxygen atoms in total. The Morgan fingerprint density at radius 2 is 0.846 bits per heavy atom. The summed E-state index contributed by atoms with van der Waals surface area (Å²) in [5.74, 6) is -7.67. The van der Waals surface area contributed by atoms with Crippen LogP contribution in [-0.4, -0.2) is 63.8 Å². The van der Waals surface area contributed by atoms with Gasteiger partial charge in [-0.3, -0.25) is 24.1 Å². The number of nitrogens with zero attached hydrogens (tertiary/aromatic N) is 1. The van der Waals surface area contributed by atoms with E-state index >= 15 is 0 Å². The SMILES string of the molecule is CCN1C2(c3ccc(C)cc3)C(C(=O)OC)C(C(=O)OC)C1(c1ccc(C)cc1)C(C(=O)OC)C2C(=O)OC. The average molecular weight is 538 g/mol. The molecule has 0 aliphatic carbocycles. The minimum absolute atomic E-state index is 0.268. The summed E-state index contributed by atoms with van der Waals surface area (Å²) in [7, 11) is 4.97. The molecule has 0 aromatic heterocycles. The molecule has 2 heterocycles. The predicted molar refractivity (Wildman–Crippen MR) is 140 cm³/mol. The van der Waals surface area contributed by atoms with Crippen LogP contribution in [0.5, 0.6) is 0 Å². The molecule has 4 rings (SSSR count). The van der Waals surface area contributed by atoms with E-state index in [0.29, 0.717) is 11.1 Å². The molecule has 2 aromatic rings. The zero-order valence-electron chi connectivity index (χ0n) is 23.3. The molecule has 0 N–H and O–H groups in total. The molecule has 0 saturated carbocycles. The highest BCUT2D eigenvalue weighted by Crippen LogP contribution is 2.73. The number of hydrogen-bond donors (Lipinski definition) is 0. The van der Waals surface area contributed by atoms with Crippen molar-refractivity contribution in [1.82, 2.24) is 4.90 Å². The number of carbonyl (C=O) groups is 4. The molecule has 0 radical (unpaired) electrons. The molecule has 0 amide bonds. The summed E-state index contributed by atoms with van der Waals surface area (Å²) in [4.78, 5) is 57.3. The van der Waals surface area contributed by atoms with Gasteiger partial charge in [-0.2, -0.15) is 0 Å². The molecule has 2 aliphatic rings. The van der Waals surface area contributed by atoms with Gasteiger partial charge < -0.3 is 18.9 Å². The van der Waals surface area contributed by atoms with E-state index in [1.165, 1.54) is 28.4 Å². The zero-order chi connectivity index (χ0) is 28.7. The monoisotopic (exact) mass is 537 g/mol. The first-order valence-electron chi connectivity index (χ1n) is 12.9. The lowest BCUT2D eigenvalue weighted by Gasteiger charge is -2.45. The summed E-state index contributed by atoms with van der Waals surface area (Å²) in [5.41, 5.74) is 0.0517. The maximum atomic E-state index is 13.8. The first-order chi connectivity index (χ1) is 18.6. The number of ether oxygens (including phenoxy) is 4. The summed E-state index contributed by atoms with van der Waals surface area (Å²) < 4.78 is 21.3. The van der Waals surface area contributed by atoms with Crippen molar-refractivity contribution in [1.29, 1.82) is 0 Å². The third-order valence-electron chi connectivity index (χ3n) is 8.62. The highest BCUT2D eigenvalue weighted by Gasteiger charge is 2.85. The maximum absolute atomic E-state index is 13.8. The number of methoxy groups -OCH3 is 4. The number of aryl methyl sites for hydroxylation is 2. The standard InChI is InChI=1S/C30H35NO8/c1-8-31-29(19-13-9-17(2)10-14-19)21(25(32)36-4)23(27(34)38-6)30(31,20-15-11-18(3)12-16-20)24(28(35)39-7)22(29)26(33)37-5/h9-16,21-24H,8H2,1-7H3. The van der Waals surface area contributed by atoms with E-state index in [1.54, 1.807) is 0 Å². The third-order valence-corrected chi connectivity index (χ3v) is 8.62. The van der Waals surface area contributed by atoms with E-state index in [1.807, 2.05) is 74.2 Å². The molecule has 2 aromatic carbocycles. The van der Waals surface area contributed by atoms with Crippen molar-refractivity contribution in [2.45, 2.75) is 31.8 Å². The predicted octanol–water partition coefficient (Wildman–Crippen LogP) is 2.90. The summed E-state index contributed by atoms with van der Waals surface area (Å²) in [5, 5.41) is 0. The Labute approximate surface area is 228 Å². The normalized spacial score (nSPS) is 29.5. The molecule has 0 spiro atoms. The Balaban J connectivity index is 2.28. The lowest BCUT2D eigenvalue weighted by atomic mass is 9.53. The Hall–Kier alpha value is -3.72. The number of benzene rings is 2. The lowest BCUT2D eigenvalue weighted by Crippen LogP contribution is -2.59. The van der Waals surface area contributed by atoms with Crippen LogP contribution in [0.15, 0.2) is 48.5 Å². The number of hydrogen-bond acceptors (Lipinski definition) is 9. The maximum Gasteiger partial charge on any atom is 0.311 e. The van der Waals surface area contributed by atoms with Crippen molar-refractivity contribution in [2.75, 3.05) is 35.0 Å². The van der Waals surface area contributed by atoms with Gasteiger partial charge in [0, 0.05) is 0 Å². The zero-order valence-corrected chi connectivity index (χ0v) is 23.3. The fourth-order valence-corrected chi connectivity index (χ4v) is 7.35.